The predicted molar refractivity (Wildman–Crippen MR) is 101 cm³/mol. The lowest BCUT2D eigenvalue weighted by atomic mass is 9.89. The van der Waals surface area contributed by atoms with Crippen molar-refractivity contribution in [3.05, 3.63) is 28.8 Å². The number of carbonyl (C=O) groups is 1. The Kier molecular flexibility index (Phi) is 4.83. The normalized spacial score (nSPS) is 21.6. The highest BCUT2D eigenvalue weighted by molar-refractivity contribution is 5.76. The first-order chi connectivity index (χ1) is 12.7. The molecule has 2 aromatic heterocycles. The van der Waals surface area contributed by atoms with Gasteiger partial charge in [0.05, 0.1) is 11.6 Å². The number of amides is 1. The van der Waals surface area contributed by atoms with Crippen molar-refractivity contribution in [1.29, 1.82) is 0 Å². The molecule has 26 heavy (non-hydrogen) atoms. The number of fused-ring (bicyclic) bond motifs is 1. The molecule has 2 aliphatic rings. The highest BCUT2D eigenvalue weighted by Crippen LogP contribution is 2.28. The smallest absolute Gasteiger partial charge is 0.330 e. The van der Waals surface area contributed by atoms with Crippen molar-refractivity contribution in [1.82, 2.24) is 19.0 Å². The molecule has 140 valence electrons. The number of likely N-dealkylation sites (tertiary alicyclic amines) is 1. The standard InChI is InChI=1S/C20H28N4O2/c1-2-18(25)22-12-10-16(14-22)24-19-17(9-6-11-21-19)23(20(24)26)13-15-7-4-3-5-8-15/h6,9,11,15-16H,2-5,7-8,10,12-14H2,1H3/t16-/m1/s1. The summed E-state index contributed by atoms with van der Waals surface area (Å²) in [4.78, 5) is 31.7. The van der Waals surface area contributed by atoms with Crippen molar-refractivity contribution in [2.45, 2.75) is 64.5 Å². The zero-order chi connectivity index (χ0) is 18.1. The van der Waals surface area contributed by atoms with E-state index in [1.165, 1.54) is 32.1 Å². The van der Waals surface area contributed by atoms with Crippen LogP contribution in [0, 0.1) is 5.92 Å². The van der Waals surface area contributed by atoms with E-state index in [-0.39, 0.29) is 17.6 Å². The van der Waals surface area contributed by atoms with E-state index >= 15 is 0 Å². The Bertz CT molecular complexity index is 847. The van der Waals surface area contributed by atoms with Crippen molar-refractivity contribution in [3.8, 4) is 0 Å². The Morgan fingerprint density at radius 3 is 2.81 bits per heavy atom. The third-order valence-electron chi connectivity index (χ3n) is 6.07. The molecule has 6 nitrogen and oxygen atoms in total. The van der Waals surface area contributed by atoms with Gasteiger partial charge in [-0.15, -0.1) is 0 Å². The van der Waals surface area contributed by atoms with Crippen molar-refractivity contribution < 1.29 is 4.79 Å². The molecule has 0 radical (unpaired) electrons. The number of carbonyl (C=O) groups excluding carboxylic acids is 1. The van der Waals surface area contributed by atoms with Gasteiger partial charge < -0.3 is 4.90 Å². The number of aromatic nitrogens is 3. The van der Waals surface area contributed by atoms with Crippen LogP contribution in [0.1, 0.15) is 57.9 Å². The fourth-order valence-corrected chi connectivity index (χ4v) is 4.64. The van der Waals surface area contributed by atoms with Crippen LogP contribution in [0.2, 0.25) is 0 Å². The van der Waals surface area contributed by atoms with Gasteiger partial charge in [-0.1, -0.05) is 26.2 Å². The van der Waals surface area contributed by atoms with Crippen molar-refractivity contribution in [2.75, 3.05) is 13.1 Å². The molecule has 1 aliphatic heterocycles. The summed E-state index contributed by atoms with van der Waals surface area (Å²) in [5.41, 5.74) is 1.74. The first-order valence-electron chi connectivity index (χ1n) is 10.0. The molecular formula is C20H28N4O2. The Morgan fingerprint density at radius 2 is 2.04 bits per heavy atom. The van der Waals surface area contributed by atoms with Crippen LogP contribution in [0.15, 0.2) is 23.1 Å². The lowest BCUT2D eigenvalue weighted by Gasteiger charge is -2.21. The van der Waals surface area contributed by atoms with Gasteiger partial charge in [0.25, 0.3) is 0 Å². The lowest BCUT2D eigenvalue weighted by molar-refractivity contribution is -0.129. The molecule has 1 atom stereocenters. The van der Waals surface area contributed by atoms with E-state index in [1.807, 2.05) is 33.1 Å². The molecule has 4 rings (SSSR count). The Hall–Kier alpha value is -2.11. The first-order valence-corrected chi connectivity index (χ1v) is 10.0. The van der Waals surface area contributed by atoms with Gasteiger partial charge >= 0.3 is 5.69 Å². The van der Waals surface area contributed by atoms with Crippen LogP contribution in [0.4, 0.5) is 0 Å². The third kappa shape index (κ3) is 3.06. The molecule has 2 aromatic rings. The molecule has 1 aliphatic carbocycles. The lowest BCUT2D eigenvalue weighted by Crippen LogP contribution is -2.32. The predicted octanol–water partition coefficient (Wildman–Crippen LogP) is 2.96. The molecule has 1 saturated heterocycles. The second kappa shape index (κ2) is 7.25. The number of imidazole rings is 1. The quantitative estimate of drug-likeness (QED) is 0.846. The molecule has 0 N–H and O–H groups in total. The number of rotatable bonds is 4. The van der Waals surface area contributed by atoms with Crippen molar-refractivity contribution in [2.24, 2.45) is 5.92 Å². The summed E-state index contributed by atoms with van der Waals surface area (Å²) in [7, 11) is 0. The van der Waals surface area contributed by atoms with Crippen LogP contribution in [-0.4, -0.2) is 38.0 Å². The van der Waals surface area contributed by atoms with E-state index in [9.17, 15) is 9.59 Å². The van der Waals surface area contributed by atoms with E-state index in [2.05, 4.69) is 4.98 Å². The molecule has 0 aromatic carbocycles. The second-order valence-electron chi connectivity index (χ2n) is 7.75. The zero-order valence-corrected chi connectivity index (χ0v) is 15.6. The van der Waals surface area contributed by atoms with Gasteiger partial charge in [0, 0.05) is 32.3 Å². The van der Waals surface area contributed by atoms with E-state index in [4.69, 9.17) is 0 Å². The maximum atomic E-state index is 13.3. The maximum absolute atomic E-state index is 13.3. The SMILES string of the molecule is CCC(=O)N1CC[C@@H](n2c(=O)n(CC3CCCCC3)c3cccnc32)C1. The Labute approximate surface area is 153 Å². The molecular weight excluding hydrogens is 328 g/mol. The number of pyridine rings is 1. The van der Waals surface area contributed by atoms with E-state index in [1.54, 1.807) is 6.20 Å². The van der Waals surface area contributed by atoms with Crippen LogP contribution in [-0.2, 0) is 11.3 Å². The molecule has 6 heteroatoms. The molecule has 1 amide bonds. The van der Waals surface area contributed by atoms with Gasteiger partial charge in [0.1, 0.15) is 0 Å². The fraction of sp³-hybridized carbons (Fsp3) is 0.650. The Balaban J connectivity index is 1.68. The number of hydrogen-bond acceptors (Lipinski definition) is 3. The zero-order valence-electron chi connectivity index (χ0n) is 15.6. The minimum absolute atomic E-state index is 0.0306. The molecule has 2 fully saturated rings. The van der Waals surface area contributed by atoms with Crippen LogP contribution < -0.4 is 5.69 Å². The van der Waals surface area contributed by atoms with Gasteiger partial charge in [-0.3, -0.25) is 13.9 Å². The van der Waals surface area contributed by atoms with Crippen LogP contribution in [0.25, 0.3) is 11.2 Å². The van der Waals surface area contributed by atoms with Gasteiger partial charge in [0.2, 0.25) is 5.91 Å². The highest BCUT2D eigenvalue weighted by Gasteiger charge is 2.30. The average Bonchev–Trinajstić information content (AvgIpc) is 3.26. The van der Waals surface area contributed by atoms with Crippen LogP contribution >= 0.6 is 0 Å². The van der Waals surface area contributed by atoms with E-state index in [0.29, 0.717) is 18.9 Å². The molecule has 0 unspecified atom stereocenters. The molecule has 1 saturated carbocycles. The van der Waals surface area contributed by atoms with Gasteiger partial charge in [-0.25, -0.2) is 9.78 Å². The summed E-state index contributed by atoms with van der Waals surface area (Å²) in [5, 5.41) is 0. The largest absolute Gasteiger partial charge is 0.341 e. The fourth-order valence-electron chi connectivity index (χ4n) is 4.64. The van der Waals surface area contributed by atoms with Crippen molar-refractivity contribution >= 4 is 17.1 Å². The number of nitrogens with zero attached hydrogens (tertiary/aromatic N) is 4. The van der Waals surface area contributed by atoms with E-state index < -0.39 is 0 Å². The van der Waals surface area contributed by atoms with Gasteiger partial charge in [-0.2, -0.15) is 0 Å². The first kappa shape index (κ1) is 17.3. The minimum Gasteiger partial charge on any atom is -0.341 e. The van der Waals surface area contributed by atoms with Crippen molar-refractivity contribution in [3.63, 3.8) is 0 Å². The number of hydrogen-bond donors (Lipinski definition) is 0. The average molecular weight is 356 g/mol. The Morgan fingerprint density at radius 1 is 1.23 bits per heavy atom. The summed E-state index contributed by atoms with van der Waals surface area (Å²) in [6, 6.07) is 3.95. The summed E-state index contributed by atoms with van der Waals surface area (Å²) in [6.07, 6.45) is 9.38. The second-order valence-corrected chi connectivity index (χ2v) is 7.75. The summed E-state index contributed by atoms with van der Waals surface area (Å²) in [6.45, 7) is 4.02. The molecule has 0 bridgehead atoms. The summed E-state index contributed by atoms with van der Waals surface area (Å²) in [5.74, 6) is 0.752. The molecule has 3 heterocycles. The van der Waals surface area contributed by atoms with Crippen LogP contribution in [0.5, 0.6) is 0 Å². The van der Waals surface area contributed by atoms with Crippen LogP contribution in [0.3, 0.4) is 0 Å². The topological polar surface area (TPSA) is 60.1 Å². The van der Waals surface area contributed by atoms with Gasteiger partial charge in [0.15, 0.2) is 5.65 Å². The van der Waals surface area contributed by atoms with Gasteiger partial charge in [-0.05, 0) is 37.3 Å². The van der Waals surface area contributed by atoms with E-state index in [0.717, 1.165) is 30.7 Å². The maximum Gasteiger partial charge on any atom is 0.330 e. The third-order valence-corrected chi connectivity index (χ3v) is 6.07. The monoisotopic (exact) mass is 356 g/mol. The summed E-state index contributed by atoms with van der Waals surface area (Å²) >= 11 is 0. The summed E-state index contributed by atoms with van der Waals surface area (Å²) < 4.78 is 3.78. The minimum atomic E-state index is 0.0306. The highest BCUT2D eigenvalue weighted by atomic mass is 16.2. The molecule has 0 spiro atoms.